The molecule has 19 heavy (non-hydrogen) atoms. The highest BCUT2D eigenvalue weighted by atomic mass is 16.5. The number of carbonyl (C=O) groups excluding carboxylic acids is 1. The van der Waals surface area contributed by atoms with Gasteiger partial charge in [0.15, 0.2) is 0 Å². The molecule has 110 valence electrons. The van der Waals surface area contributed by atoms with Crippen molar-refractivity contribution in [1.29, 1.82) is 0 Å². The van der Waals surface area contributed by atoms with Gasteiger partial charge in [-0.25, -0.2) is 0 Å². The Balaban J connectivity index is 1.88. The van der Waals surface area contributed by atoms with Crippen molar-refractivity contribution < 1.29 is 9.53 Å². The third kappa shape index (κ3) is 3.91. The van der Waals surface area contributed by atoms with Gasteiger partial charge in [-0.2, -0.15) is 0 Å². The number of nitrogens with one attached hydrogen (secondary N) is 2. The van der Waals surface area contributed by atoms with Gasteiger partial charge in [-0.05, 0) is 45.8 Å². The van der Waals surface area contributed by atoms with Crippen LogP contribution in [0.5, 0.6) is 0 Å². The van der Waals surface area contributed by atoms with E-state index in [2.05, 4.69) is 15.5 Å². The Kier molecular flexibility index (Phi) is 5.60. The zero-order chi connectivity index (χ0) is 13.6. The molecule has 1 amide bonds. The summed E-state index contributed by atoms with van der Waals surface area (Å²) in [6.45, 7) is 5.51. The Bertz CT molecular complexity index is 284. The molecule has 0 aromatic rings. The lowest BCUT2D eigenvalue weighted by Gasteiger charge is -2.44. The predicted octanol–water partition coefficient (Wildman–Crippen LogP) is 0.357. The number of carbonyl (C=O) groups is 1. The lowest BCUT2D eigenvalue weighted by Crippen LogP contribution is -2.57. The highest BCUT2D eigenvalue weighted by Gasteiger charge is 2.39. The van der Waals surface area contributed by atoms with E-state index in [1.54, 1.807) is 0 Å². The second-order valence-electron chi connectivity index (χ2n) is 5.66. The van der Waals surface area contributed by atoms with Crippen LogP contribution < -0.4 is 10.6 Å². The summed E-state index contributed by atoms with van der Waals surface area (Å²) in [7, 11) is 1.87. The van der Waals surface area contributed by atoms with Crippen molar-refractivity contribution in [2.24, 2.45) is 0 Å². The lowest BCUT2D eigenvalue weighted by molar-refractivity contribution is -0.122. The van der Waals surface area contributed by atoms with Crippen molar-refractivity contribution in [1.82, 2.24) is 15.5 Å². The van der Waals surface area contributed by atoms with E-state index < -0.39 is 0 Å². The molecule has 2 heterocycles. The fraction of sp³-hybridized carbons (Fsp3) is 0.929. The Labute approximate surface area is 116 Å². The molecule has 0 bridgehead atoms. The highest BCUT2D eigenvalue weighted by molar-refractivity contribution is 5.76. The lowest BCUT2D eigenvalue weighted by atomic mass is 9.88. The van der Waals surface area contributed by atoms with Crippen LogP contribution in [0.25, 0.3) is 0 Å². The molecule has 0 radical (unpaired) electrons. The van der Waals surface area contributed by atoms with Crippen molar-refractivity contribution in [2.45, 2.75) is 37.6 Å². The summed E-state index contributed by atoms with van der Waals surface area (Å²) in [5, 5.41) is 6.14. The fourth-order valence-electron chi connectivity index (χ4n) is 3.14. The maximum atomic E-state index is 11.8. The predicted molar refractivity (Wildman–Crippen MR) is 75.1 cm³/mol. The van der Waals surface area contributed by atoms with Gasteiger partial charge in [0.25, 0.3) is 0 Å². The summed E-state index contributed by atoms with van der Waals surface area (Å²) in [4.78, 5) is 14.4. The molecule has 2 N–H and O–H groups in total. The van der Waals surface area contributed by atoms with Crippen LogP contribution in [0.1, 0.15) is 32.1 Å². The molecule has 2 saturated heterocycles. The first-order valence-corrected chi connectivity index (χ1v) is 7.51. The Morgan fingerprint density at radius 1 is 1.26 bits per heavy atom. The Morgan fingerprint density at radius 2 is 1.95 bits per heavy atom. The van der Waals surface area contributed by atoms with Gasteiger partial charge in [-0.3, -0.25) is 9.69 Å². The van der Waals surface area contributed by atoms with Crippen molar-refractivity contribution >= 4 is 5.91 Å². The van der Waals surface area contributed by atoms with Gasteiger partial charge in [-0.1, -0.05) is 0 Å². The van der Waals surface area contributed by atoms with E-state index in [0.29, 0.717) is 6.42 Å². The molecule has 0 saturated carbocycles. The minimum absolute atomic E-state index is 0.143. The highest BCUT2D eigenvalue weighted by Crippen LogP contribution is 2.30. The van der Waals surface area contributed by atoms with Gasteiger partial charge < -0.3 is 15.4 Å². The van der Waals surface area contributed by atoms with Crippen LogP contribution >= 0.6 is 0 Å². The third-order valence-electron chi connectivity index (χ3n) is 4.42. The van der Waals surface area contributed by atoms with Crippen LogP contribution in [0, 0.1) is 0 Å². The van der Waals surface area contributed by atoms with E-state index in [1.165, 1.54) is 25.9 Å². The third-order valence-corrected chi connectivity index (χ3v) is 4.42. The Morgan fingerprint density at radius 3 is 2.58 bits per heavy atom. The van der Waals surface area contributed by atoms with Crippen molar-refractivity contribution in [2.75, 3.05) is 46.4 Å². The van der Waals surface area contributed by atoms with Crippen LogP contribution in [0.3, 0.4) is 0 Å². The number of ether oxygens (including phenoxy) is 1. The number of likely N-dealkylation sites (tertiary alicyclic amines) is 1. The summed E-state index contributed by atoms with van der Waals surface area (Å²) in [5.41, 5.74) is 0.143. The first-order chi connectivity index (χ1) is 9.27. The minimum Gasteiger partial charge on any atom is -0.381 e. The van der Waals surface area contributed by atoms with Gasteiger partial charge in [0.1, 0.15) is 0 Å². The average Bonchev–Trinajstić information content (AvgIpc) is 2.98. The van der Waals surface area contributed by atoms with E-state index >= 15 is 0 Å². The molecule has 0 aromatic heterocycles. The number of hydrogen-bond acceptors (Lipinski definition) is 4. The normalized spacial score (nSPS) is 23.4. The number of nitrogens with zero attached hydrogens (tertiary/aromatic N) is 1. The summed E-state index contributed by atoms with van der Waals surface area (Å²) < 4.78 is 5.51. The molecule has 2 aliphatic rings. The summed E-state index contributed by atoms with van der Waals surface area (Å²) >= 11 is 0. The largest absolute Gasteiger partial charge is 0.381 e. The topological polar surface area (TPSA) is 53.6 Å². The summed E-state index contributed by atoms with van der Waals surface area (Å²) in [6.07, 6.45) is 5.22. The van der Waals surface area contributed by atoms with Gasteiger partial charge in [-0.15, -0.1) is 0 Å². The van der Waals surface area contributed by atoms with Gasteiger partial charge in [0, 0.05) is 38.3 Å². The molecule has 0 atom stereocenters. The SMILES string of the molecule is CNCCC(=O)NCC1(N2CCCC2)CCOCC1. The van der Waals surface area contributed by atoms with Crippen molar-refractivity contribution in [3.63, 3.8) is 0 Å². The van der Waals surface area contributed by atoms with Crippen LogP contribution in [0.2, 0.25) is 0 Å². The standard InChI is InChI=1S/C14H27N3O2/c1-15-7-4-13(18)16-12-14(5-10-19-11-6-14)17-8-2-3-9-17/h15H,2-12H2,1H3,(H,16,18). The molecule has 5 heteroatoms. The molecule has 2 fully saturated rings. The number of rotatable bonds is 6. The second kappa shape index (κ2) is 7.22. The fourth-order valence-corrected chi connectivity index (χ4v) is 3.14. The Hall–Kier alpha value is -0.650. The molecular formula is C14H27N3O2. The average molecular weight is 269 g/mol. The molecule has 2 rings (SSSR count). The quantitative estimate of drug-likeness (QED) is 0.731. The van der Waals surface area contributed by atoms with Gasteiger partial charge in [0.05, 0.1) is 0 Å². The van der Waals surface area contributed by atoms with E-state index in [1.807, 2.05) is 7.05 Å². The van der Waals surface area contributed by atoms with E-state index in [9.17, 15) is 4.79 Å². The van der Waals surface area contributed by atoms with Gasteiger partial charge >= 0.3 is 0 Å². The molecule has 0 aromatic carbocycles. The van der Waals surface area contributed by atoms with E-state index in [4.69, 9.17) is 4.74 Å². The smallest absolute Gasteiger partial charge is 0.221 e. The second-order valence-corrected chi connectivity index (χ2v) is 5.66. The van der Waals surface area contributed by atoms with E-state index in [0.717, 1.165) is 39.1 Å². The van der Waals surface area contributed by atoms with E-state index in [-0.39, 0.29) is 11.4 Å². The molecular weight excluding hydrogens is 242 g/mol. The molecule has 5 nitrogen and oxygen atoms in total. The monoisotopic (exact) mass is 269 g/mol. The maximum absolute atomic E-state index is 11.8. The van der Waals surface area contributed by atoms with Crippen LogP contribution in [-0.2, 0) is 9.53 Å². The van der Waals surface area contributed by atoms with Crippen molar-refractivity contribution in [3.8, 4) is 0 Å². The molecule has 0 unspecified atom stereocenters. The van der Waals surface area contributed by atoms with Crippen LogP contribution in [0.4, 0.5) is 0 Å². The molecule has 0 spiro atoms. The summed E-state index contributed by atoms with van der Waals surface area (Å²) in [5.74, 6) is 0.152. The van der Waals surface area contributed by atoms with Crippen LogP contribution in [-0.4, -0.2) is 62.8 Å². The minimum atomic E-state index is 0.143. The number of amides is 1. The van der Waals surface area contributed by atoms with Crippen molar-refractivity contribution in [3.05, 3.63) is 0 Å². The zero-order valence-electron chi connectivity index (χ0n) is 12.0. The first kappa shape index (κ1) is 14.8. The van der Waals surface area contributed by atoms with Crippen LogP contribution in [0.15, 0.2) is 0 Å². The zero-order valence-corrected chi connectivity index (χ0v) is 12.0. The number of hydrogen-bond donors (Lipinski definition) is 2. The molecule has 2 aliphatic heterocycles. The first-order valence-electron chi connectivity index (χ1n) is 7.51. The maximum Gasteiger partial charge on any atom is 0.221 e. The summed E-state index contributed by atoms with van der Waals surface area (Å²) in [6, 6.07) is 0. The molecule has 0 aliphatic carbocycles. The van der Waals surface area contributed by atoms with Gasteiger partial charge in [0.2, 0.25) is 5.91 Å².